The molecule has 2 aliphatic heterocycles. The van der Waals surface area contributed by atoms with Gasteiger partial charge in [-0.15, -0.1) is 0 Å². The van der Waals surface area contributed by atoms with Crippen LogP contribution in [0.2, 0.25) is 0 Å². The van der Waals surface area contributed by atoms with Crippen molar-refractivity contribution in [3.63, 3.8) is 0 Å². The van der Waals surface area contributed by atoms with Gasteiger partial charge >= 0.3 is 0 Å². The van der Waals surface area contributed by atoms with E-state index in [0.717, 1.165) is 47.7 Å². The number of H-pyrrole nitrogens is 1. The number of nitrogens with zero attached hydrogens (tertiary/aromatic N) is 2. The maximum absolute atomic E-state index is 14.0. The number of hydrogen-bond acceptors (Lipinski definition) is 3. The van der Waals surface area contributed by atoms with Crippen LogP contribution in [0.3, 0.4) is 0 Å². The Hall–Kier alpha value is -3.29. The molecular weight excluding hydrogens is 419 g/mol. The molecule has 0 radical (unpaired) electrons. The van der Waals surface area contributed by atoms with E-state index in [4.69, 9.17) is 4.74 Å². The molecule has 0 unspecified atom stereocenters. The molecule has 0 saturated heterocycles. The quantitative estimate of drug-likeness (QED) is 0.669. The number of benzene rings is 2. The van der Waals surface area contributed by atoms with Crippen LogP contribution in [0.5, 0.6) is 5.75 Å². The highest BCUT2D eigenvalue weighted by Crippen LogP contribution is 2.32. The molecule has 2 aromatic carbocycles. The van der Waals surface area contributed by atoms with Crippen molar-refractivity contribution >= 4 is 5.91 Å². The molecule has 166 valence electrons. The molecule has 5 rings (SSSR count). The van der Waals surface area contributed by atoms with Gasteiger partial charge in [-0.05, 0) is 43.0 Å². The van der Waals surface area contributed by atoms with Crippen LogP contribution in [0.25, 0.3) is 11.3 Å². The topological polar surface area (TPSA) is 58.2 Å². The van der Waals surface area contributed by atoms with E-state index in [0.29, 0.717) is 38.1 Å². The summed E-state index contributed by atoms with van der Waals surface area (Å²) in [5, 5.41) is 7.62. The third kappa shape index (κ3) is 3.85. The number of halogens is 3. The summed E-state index contributed by atoms with van der Waals surface area (Å²) in [6.07, 6.45) is 2.66. The number of hydrogen-bond donors (Lipinski definition) is 1. The fraction of sp³-hybridized carbons (Fsp3) is 0.333. The minimum atomic E-state index is -1.04. The summed E-state index contributed by atoms with van der Waals surface area (Å²) in [6, 6.07) is 7.28. The van der Waals surface area contributed by atoms with Gasteiger partial charge in [0, 0.05) is 54.0 Å². The molecular formula is C24H22F3N3O2. The highest BCUT2D eigenvalue weighted by molar-refractivity contribution is 5.79. The highest BCUT2D eigenvalue weighted by Gasteiger charge is 2.25. The van der Waals surface area contributed by atoms with Gasteiger partial charge < -0.3 is 9.64 Å². The first-order chi connectivity index (χ1) is 15.5. The molecule has 1 N–H and O–H groups in total. The minimum absolute atomic E-state index is 0.389. The molecule has 1 aromatic heterocycles. The van der Waals surface area contributed by atoms with E-state index < -0.39 is 29.4 Å². The molecule has 5 nitrogen and oxygen atoms in total. The van der Waals surface area contributed by atoms with Crippen molar-refractivity contribution in [2.24, 2.45) is 0 Å². The largest absolute Gasteiger partial charge is 0.493 e. The van der Waals surface area contributed by atoms with Gasteiger partial charge in [0.15, 0.2) is 0 Å². The van der Waals surface area contributed by atoms with E-state index in [1.54, 1.807) is 4.90 Å². The van der Waals surface area contributed by atoms with Crippen molar-refractivity contribution < 1.29 is 22.7 Å². The van der Waals surface area contributed by atoms with Gasteiger partial charge in [-0.3, -0.25) is 9.89 Å². The monoisotopic (exact) mass is 441 g/mol. The lowest BCUT2D eigenvalue weighted by Gasteiger charge is -2.21. The van der Waals surface area contributed by atoms with Crippen molar-refractivity contribution in [3.8, 4) is 17.0 Å². The molecule has 0 atom stereocenters. The predicted molar refractivity (Wildman–Crippen MR) is 112 cm³/mol. The van der Waals surface area contributed by atoms with Gasteiger partial charge in [-0.1, -0.05) is 0 Å². The first-order valence-corrected chi connectivity index (χ1v) is 10.7. The summed E-state index contributed by atoms with van der Waals surface area (Å²) in [5.41, 5.74) is 4.64. The van der Waals surface area contributed by atoms with Crippen molar-refractivity contribution in [1.82, 2.24) is 15.1 Å². The molecule has 0 bridgehead atoms. The molecule has 32 heavy (non-hydrogen) atoms. The summed E-state index contributed by atoms with van der Waals surface area (Å²) < 4.78 is 46.8. The zero-order valence-corrected chi connectivity index (χ0v) is 17.4. The van der Waals surface area contributed by atoms with Crippen LogP contribution in [0.1, 0.15) is 28.8 Å². The number of nitrogens with one attached hydrogen (secondary N) is 1. The van der Waals surface area contributed by atoms with Crippen LogP contribution in [0, 0.1) is 17.5 Å². The summed E-state index contributed by atoms with van der Waals surface area (Å²) in [7, 11) is 0. The smallest absolute Gasteiger partial charge is 0.227 e. The molecule has 3 heterocycles. The second kappa shape index (κ2) is 8.33. The van der Waals surface area contributed by atoms with E-state index in [9.17, 15) is 18.0 Å². The number of rotatable bonds is 3. The predicted octanol–water partition coefficient (Wildman–Crippen LogP) is 3.99. The summed E-state index contributed by atoms with van der Waals surface area (Å²) in [5.74, 6) is -2.56. The number of aromatic nitrogens is 2. The van der Waals surface area contributed by atoms with Crippen LogP contribution in [-0.4, -0.2) is 40.7 Å². The molecule has 8 heteroatoms. The second-order valence-corrected chi connectivity index (χ2v) is 8.21. The van der Waals surface area contributed by atoms with Gasteiger partial charge in [0.1, 0.15) is 23.2 Å². The fourth-order valence-electron chi connectivity index (χ4n) is 4.48. The zero-order chi connectivity index (χ0) is 22.2. The third-order valence-electron chi connectivity index (χ3n) is 6.18. The number of carbonyl (C=O) groups is 1. The number of amides is 1. The van der Waals surface area contributed by atoms with Gasteiger partial charge in [-0.25, -0.2) is 13.2 Å². The first-order valence-electron chi connectivity index (χ1n) is 10.7. The number of aryl methyl sites for hydroxylation is 1. The van der Waals surface area contributed by atoms with Crippen molar-refractivity contribution in [2.75, 3.05) is 19.7 Å². The molecule has 1 amide bonds. The van der Waals surface area contributed by atoms with Crippen molar-refractivity contribution in [1.29, 1.82) is 0 Å². The molecule has 0 spiro atoms. The van der Waals surface area contributed by atoms with E-state index in [1.165, 1.54) is 5.56 Å². The lowest BCUT2D eigenvalue weighted by atomic mass is 9.98. The van der Waals surface area contributed by atoms with Crippen molar-refractivity contribution in [2.45, 2.75) is 32.1 Å². The van der Waals surface area contributed by atoms with Crippen LogP contribution < -0.4 is 4.74 Å². The third-order valence-corrected chi connectivity index (χ3v) is 6.18. The maximum Gasteiger partial charge on any atom is 0.227 e. The Labute approximate surface area is 183 Å². The molecule has 3 aromatic rings. The summed E-state index contributed by atoms with van der Waals surface area (Å²) >= 11 is 0. The van der Waals surface area contributed by atoms with E-state index in [-0.39, 0.29) is 5.91 Å². The Morgan fingerprint density at radius 2 is 1.84 bits per heavy atom. The fourth-order valence-corrected chi connectivity index (χ4v) is 4.48. The van der Waals surface area contributed by atoms with Gasteiger partial charge in [-0.2, -0.15) is 5.10 Å². The van der Waals surface area contributed by atoms with E-state index in [1.807, 2.05) is 12.1 Å². The van der Waals surface area contributed by atoms with Crippen molar-refractivity contribution in [3.05, 3.63) is 70.2 Å². The minimum Gasteiger partial charge on any atom is -0.493 e. The van der Waals surface area contributed by atoms with Gasteiger partial charge in [0.25, 0.3) is 0 Å². The number of ether oxygens (including phenoxy) is 1. The van der Waals surface area contributed by atoms with Gasteiger partial charge in [0.05, 0.1) is 18.7 Å². The summed E-state index contributed by atoms with van der Waals surface area (Å²) in [4.78, 5) is 14.4. The number of carbonyl (C=O) groups excluding carboxylic acids is 1. The van der Waals surface area contributed by atoms with Crippen LogP contribution >= 0.6 is 0 Å². The molecule has 0 aliphatic carbocycles. The highest BCUT2D eigenvalue weighted by atomic mass is 19.1. The van der Waals surface area contributed by atoms with E-state index >= 15 is 0 Å². The summed E-state index contributed by atoms with van der Waals surface area (Å²) in [6.45, 7) is 1.56. The molecule has 0 fully saturated rings. The van der Waals surface area contributed by atoms with E-state index in [2.05, 4.69) is 16.3 Å². The standard InChI is InChI=1S/C24H22F3N3O2/c25-16-11-19(26)18(20(27)12-16)13-23(31)30-7-5-17-21(6-8-30)28-29-24(17)15-3-4-22-14(10-15)2-1-9-32-22/h3-4,10-12H,1-2,5-9,13H2,(H,28,29). The van der Waals surface area contributed by atoms with Crippen LogP contribution in [-0.2, 0) is 30.5 Å². The zero-order valence-electron chi connectivity index (χ0n) is 17.4. The second-order valence-electron chi connectivity index (χ2n) is 8.21. The van der Waals surface area contributed by atoms with Crippen LogP contribution in [0.4, 0.5) is 13.2 Å². The Kier molecular flexibility index (Phi) is 5.36. The number of fused-ring (bicyclic) bond motifs is 2. The Balaban J connectivity index is 1.33. The maximum atomic E-state index is 14.0. The van der Waals surface area contributed by atoms with Gasteiger partial charge in [0.2, 0.25) is 5.91 Å². The SMILES string of the molecule is O=C(Cc1c(F)cc(F)cc1F)N1CCc2[nH]nc(-c3ccc4c(c3)CCCO4)c2CC1. The molecule has 0 saturated carbocycles. The Bertz CT molecular complexity index is 1170. The Morgan fingerprint density at radius 3 is 2.66 bits per heavy atom. The lowest BCUT2D eigenvalue weighted by Crippen LogP contribution is -2.35. The van der Waals surface area contributed by atoms with Crippen LogP contribution in [0.15, 0.2) is 30.3 Å². The first kappa shape index (κ1) is 20.6. The average molecular weight is 441 g/mol. The normalized spacial score (nSPS) is 15.5. The average Bonchev–Trinajstić information content (AvgIpc) is 3.06. The lowest BCUT2D eigenvalue weighted by molar-refractivity contribution is -0.130. The molecule has 2 aliphatic rings. The Morgan fingerprint density at radius 1 is 1.06 bits per heavy atom. The number of aromatic amines is 1.